The van der Waals surface area contributed by atoms with E-state index in [4.69, 9.17) is 5.73 Å². The van der Waals surface area contributed by atoms with Crippen LogP contribution in [-0.4, -0.2) is 17.1 Å². The predicted molar refractivity (Wildman–Crippen MR) is 68.6 cm³/mol. The van der Waals surface area contributed by atoms with Crippen molar-refractivity contribution >= 4 is 11.6 Å². The lowest BCUT2D eigenvalue weighted by Crippen LogP contribution is -2.20. The quantitative estimate of drug-likeness (QED) is 0.729. The van der Waals surface area contributed by atoms with Crippen molar-refractivity contribution in [1.29, 1.82) is 0 Å². The van der Waals surface area contributed by atoms with E-state index >= 15 is 0 Å². The highest BCUT2D eigenvalue weighted by molar-refractivity contribution is 5.91. The monoisotopic (exact) mass is 236 g/mol. The van der Waals surface area contributed by atoms with E-state index in [1.54, 1.807) is 19.1 Å². The van der Waals surface area contributed by atoms with Gasteiger partial charge < -0.3 is 16.2 Å². The van der Waals surface area contributed by atoms with Crippen LogP contribution in [0.3, 0.4) is 0 Å². The Morgan fingerprint density at radius 3 is 2.65 bits per heavy atom. The average molecular weight is 236 g/mol. The predicted octanol–water partition coefficient (Wildman–Crippen LogP) is 1.81. The molecule has 0 heterocycles. The van der Waals surface area contributed by atoms with Gasteiger partial charge in [-0.2, -0.15) is 0 Å². The van der Waals surface area contributed by atoms with Crippen molar-refractivity contribution in [3.8, 4) is 0 Å². The van der Waals surface area contributed by atoms with Gasteiger partial charge in [0.15, 0.2) is 0 Å². The second kappa shape index (κ2) is 6.37. The molecule has 0 saturated heterocycles. The third kappa shape index (κ3) is 4.54. The number of hydrogen-bond acceptors (Lipinski definition) is 3. The lowest BCUT2D eigenvalue weighted by Gasteiger charge is -2.13. The van der Waals surface area contributed by atoms with Gasteiger partial charge in [0, 0.05) is 23.7 Å². The average Bonchev–Trinajstić information content (AvgIpc) is 2.27. The second-order valence-corrected chi connectivity index (χ2v) is 4.33. The maximum atomic E-state index is 11.6. The number of nitrogens with one attached hydrogen (secondary N) is 1. The maximum absolute atomic E-state index is 11.6. The summed E-state index contributed by atoms with van der Waals surface area (Å²) in [5.74, 6) is -0.0737. The third-order valence-electron chi connectivity index (χ3n) is 2.51. The number of hydrogen-bond donors (Lipinski definition) is 3. The van der Waals surface area contributed by atoms with E-state index in [0.717, 1.165) is 5.56 Å². The Balaban J connectivity index is 2.65. The van der Waals surface area contributed by atoms with E-state index in [-0.39, 0.29) is 11.9 Å². The number of benzene rings is 1. The van der Waals surface area contributed by atoms with Crippen molar-refractivity contribution in [2.24, 2.45) is 5.73 Å². The summed E-state index contributed by atoms with van der Waals surface area (Å²) in [7, 11) is 0. The SMILES string of the molecule is CC(N)CCC(=O)Nc1ccccc1C(C)O. The summed E-state index contributed by atoms with van der Waals surface area (Å²) in [4.78, 5) is 11.6. The standard InChI is InChI=1S/C13H20N2O2/c1-9(14)7-8-13(17)15-12-6-4-3-5-11(12)10(2)16/h3-6,9-10,16H,7-8,14H2,1-2H3,(H,15,17). The fourth-order valence-electron chi connectivity index (χ4n) is 1.55. The minimum absolute atomic E-state index is 0.0211. The van der Waals surface area contributed by atoms with Gasteiger partial charge in [0.05, 0.1) is 6.10 Å². The summed E-state index contributed by atoms with van der Waals surface area (Å²) in [6, 6.07) is 7.26. The van der Waals surface area contributed by atoms with Crippen LogP contribution in [0.25, 0.3) is 0 Å². The molecule has 0 aliphatic heterocycles. The molecule has 0 aliphatic rings. The Kier molecular flexibility index (Phi) is 5.12. The van der Waals surface area contributed by atoms with Gasteiger partial charge in [-0.25, -0.2) is 0 Å². The van der Waals surface area contributed by atoms with Crippen LogP contribution in [0.15, 0.2) is 24.3 Å². The zero-order valence-corrected chi connectivity index (χ0v) is 10.3. The van der Waals surface area contributed by atoms with Crippen LogP contribution in [0.1, 0.15) is 38.4 Å². The number of nitrogens with two attached hydrogens (primary N) is 1. The highest BCUT2D eigenvalue weighted by atomic mass is 16.3. The first kappa shape index (κ1) is 13.7. The van der Waals surface area contributed by atoms with Crippen LogP contribution in [0.2, 0.25) is 0 Å². The van der Waals surface area contributed by atoms with Crippen molar-refractivity contribution in [1.82, 2.24) is 0 Å². The second-order valence-electron chi connectivity index (χ2n) is 4.33. The summed E-state index contributed by atoms with van der Waals surface area (Å²) >= 11 is 0. The van der Waals surface area contributed by atoms with E-state index < -0.39 is 6.10 Å². The lowest BCUT2D eigenvalue weighted by molar-refractivity contribution is -0.116. The van der Waals surface area contributed by atoms with Gasteiger partial charge in [0.1, 0.15) is 0 Å². The summed E-state index contributed by atoms with van der Waals surface area (Å²) in [5, 5.41) is 12.4. The Hall–Kier alpha value is -1.39. The highest BCUT2D eigenvalue weighted by Crippen LogP contribution is 2.22. The van der Waals surface area contributed by atoms with Crippen LogP contribution in [0.4, 0.5) is 5.69 Å². The molecule has 0 saturated carbocycles. The summed E-state index contributed by atoms with van der Waals surface area (Å²) in [5.41, 5.74) is 6.98. The molecule has 4 nitrogen and oxygen atoms in total. The van der Waals surface area contributed by atoms with Gasteiger partial charge >= 0.3 is 0 Å². The molecular formula is C13H20N2O2. The molecule has 2 atom stereocenters. The first-order chi connectivity index (χ1) is 8.00. The van der Waals surface area contributed by atoms with E-state index in [9.17, 15) is 9.90 Å². The van der Waals surface area contributed by atoms with Crippen LogP contribution in [0.5, 0.6) is 0 Å². The molecule has 0 bridgehead atoms. The van der Waals surface area contributed by atoms with Crippen LogP contribution < -0.4 is 11.1 Å². The van der Waals surface area contributed by atoms with Crippen LogP contribution in [-0.2, 0) is 4.79 Å². The van der Waals surface area contributed by atoms with E-state index in [0.29, 0.717) is 18.5 Å². The first-order valence-electron chi connectivity index (χ1n) is 5.83. The summed E-state index contributed by atoms with van der Waals surface area (Å²) in [6.07, 6.45) is 0.453. The lowest BCUT2D eigenvalue weighted by atomic mass is 10.1. The molecule has 1 aromatic carbocycles. The fraction of sp³-hybridized carbons (Fsp3) is 0.462. The molecule has 0 aromatic heterocycles. The van der Waals surface area contributed by atoms with Crippen LogP contribution in [0, 0.1) is 0 Å². The Morgan fingerprint density at radius 2 is 2.06 bits per heavy atom. The van der Waals surface area contributed by atoms with Gasteiger partial charge in [-0.1, -0.05) is 18.2 Å². The molecule has 1 amide bonds. The first-order valence-corrected chi connectivity index (χ1v) is 5.83. The van der Waals surface area contributed by atoms with E-state index in [1.165, 1.54) is 0 Å². The number of rotatable bonds is 5. The topological polar surface area (TPSA) is 75.4 Å². The van der Waals surface area contributed by atoms with Gasteiger partial charge in [-0.3, -0.25) is 4.79 Å². The van der Waals surface area contributed by atoms with Crippen molar-refractivity contribution in [2.75, 3.05) is 5.32 Å². The fourth-order valence-corrected chi connectivity index (χ4v) is 1.55. The number of aliphatic hydroxyl groups is 1. The number of anilines is 1. The molecule has 4 N–H and O–H groups in total. The Bertz CT molecular complexity index is 375. The molecule has 0 radical (unpaired) electrons. The molecule has 17 heavy (non-hydrogen) atoms. The van der Waals surface area contributed by atoms with Crippen molar-refractivity contribution < 1.29 is 9.90 Å². The van der Waals surface area contributed by atoms with E-state index in [1.807, 2.05) is 19.1 Å². The molecular weight excluding hydrogens is 216 g/mol. The van der Waals surface area contributed by atoms with Crippen LogP contribution >= 0.6 is 0 Å². The van der Waals surface area contributed by atoms with Crippen molar-refractivity contribution in [3.63, 3.8) is 0 Å². The number of amides is 1. The zero-order valence-electron chi connectivity index (χ0n) is 10.3. The normalized spacial score (nSPS) is 14.1. The minimum Gasteiger partial charge on any atom is -0.389 e. The van der Waals surface area contributed by atoms with Crippen molar-refractivity contribution in [3.05, 3.63) is 29.8 Å². The minimum atomic E-state index is -0.597. The molecule has 94 valence electrons. The molecule has 1 rings (SSSR count). The van der Waals surface area contributed by atoms with Gasteiger partial charge in [0.2, 0.25) is 5.91 Å². The van der Waals surface area contributed by atoms with Gasteiger partial charge in [-0.15, -0.1) is 0 Å². The molecule has 0 fully saturated rings. The number of carbonyl (C=O) groups is 1. The highest BCUT2D eigenvalue weighted by Gasteiger charge is 2.10. The Labute approximate surface area is 102 Å². The Morgan fingerprint density at radius 1 is 1.41 bits per heavy atom. The van der Waals surface area contributed by atoms with Gasteiger partial charge in [0.25, 0.3) is 0 Å². The molecule has 0 aliphatic carbocycles. The zero-order chi connectivity index (χ0) is 12.8. The smallest absolute Gasteiger partial charge is 0.224 e. The molecule has 2 unspecified atom stereocenters. The molecule has 0 spiro atoms. The molecule has 4 heteroatoms. The van der Waals surface area contributed by atoms with E-state index in [2.05, 4.69) is 5.32 Å². The molecule has 1 aromatic rings. The number of carbonyl (C=O) groups excluding carboxylic acids is 1. The van der Waals surface area contributed by atoms with Gasteiger partial charge in [-0.05, 0) is 26.3 Å². The number of para-hydroxylation sites is 1. The van der Waals surface area contributed by atoms with Crippen molar-refractivity contribution in [2.45, 2.75) is 38.8 Å². The summed E-state index contributed by atoms with van der Waals surface area (Å²) in [6.45, 7) is 3.55. The summed E-state index contributed by atoms with van der Waals surface area (Å²) < 4.78 is 0. The largest absolute Gasteiger partial charge is 0.389 e. The maximum Gasteiger partial charge on any atom is 0.224 e. The third-order valence-corrected chi connectivity index (χ3v) is 2.51. The number of aliphatic hydroxyl groups excluding tert-OH is 1.